The van der Waals surface area contributed by atoms with Crippen molar-refractivity contribution in [3.05, 3.63) is 24.3 Å². The maximum absolute atomic E-state index is 12.1. The normalized spacial score (nSPS) is 16.9. The highest BCUT2D eigenvalue weighted by molar-refractivity contribution is 5.48. The van der Waals surface area contributed by atoms with Gasteiger partial charge in [0.25, 0.3) is 0 Å². The maximum atomic E-state index is 12.1. The lowest BCUT2D eigenvalue weighted by molar-refractivity contribution is -0.274. The Kier molecular flexibility index (Phi) is 5.15. The van der Waals surface area contributed by atoms with Gasteiger partial charge < -0.3 is 10.1 Å². The van der Waals surface area contributed by atoms with Crippen LogP contribution in [0.4, 0.5) is 18.9 Å². The molecule has 0 aromatic heterocycles. The number of benzene rings is 1. The van der Waals surface area contributed by atoms with Crippen molar-refractivity contribution < 1.29 is 17.9 Å². The molecule has 1 saturated carbocycles. The lowest BCUT2D eigenvalue weighted by Crippen LogP contribution is -2.17. The maximum Gasteiger partial charge on any atom is 0.573 e. The lowest BCUT2D eigenvalue weighted by atomic mass is 9.87. The Balaban J connectivity index is 1.79. The summed E-state index contributed by atoms with van der Waals surface area (Å²) in [5.41, 5.74) is 0.669. The predicted octanol–water partition coefficient (Wildman–Crippen LogP) is 4.97. The minimum absolute atomic E-state index is 0.180. The Hall–Kier alpha value is -1.39. The van der Waals surface area contributed by atoms with E-state index in [4.69, 9.17) is 0 Å². The zero-order chi connectivity index (χ0) is 14.4. The second-order valence-corrected chi connectivity index (χ2v) is 5.30. The second kappa shape index (κ2) is 6.86. The zero-order valence-corrected chi connectivity index (χ0v) is 11.4. The molecule has 5 heteroatoms. The molecule has 0 heterocycles. The summed E-state index contributed by atoms with van der Waals surface area (Å²) in [6.07, 6.45) is 2.93. The van der Waals surface area contributed by atoms with Crippen molar-refractivity contribution in [2.24, 2.45) is 5.92 Å². The molecule has 1 aromatic rings. The monoisotopic (exact) mass is 287 g/mol. The summed E-state index contributed by atoms with van der Waals surface area (Å²) >= 11 is 0. The van der Waals surface area contributed by atoms with Crippen LogP contribution in [0.25, 0.3) is 0 Å². The lowest BCUT2D eigenvalue weighted by Gasteiger charge is -2.21. The average Bonchev–Trinajstić information content (AvgIpc) is 2.38. The molecule has 2 rings (SSSR count). The van der Waals surface area contributed by atoms with Crippen LogP contribution in [0.3, 0.4) is 0 Å². The third-order valence-corrected chi connectivity index (χ3v) is 3.67. The van der Waals surface area contributed by atoms with E-state index in [1.165, 1.54) is 44.2 Å². The summed E-state index contributed by atoms with van der Waals surface area (Å²) in [5, 5.41) is 3.17. The molecule has 1 aliphatic rings. The van der Waals surface area contributed by atoms with Crippen LogP contribution in [-0.2, 0) is 0 Å². The molecule has 0 aliphatic heterocycles. The number of hydrogen-bond donors (Lipinski definition) is 1. The first kappa shape index (κ1) is 15.0. The van der Waals surface area contributed by atoms with Crippen LogP contribution >= 0.6 is 0 Å². The van der Waals surface area contributed by atoms with E-state index >= 15 is 0 Å². The van der Waals surface area contributed by atoms with Gasteiger partial charge >= 0.3 is 6.36 Å². The van der Waals surface area contributed by atoms with Crippen molar-refractivity contribution >= 4 is 5.69 Å². The van der Waals surface area contributed by atoms with Crippen LogP contribution in [-0.4, -0.2) is 12.9 Å². The Morgan fingerprint density at radius 1 is 1.15 bits per heavy atom. The Morgan fingerprint density at radius 3 is 2.60 bits per heavy atom. The molecule has 0 bridgehead atoms. The van der Waals surface area contributed by atoms with Crippen molar-refractivity contribution in [2.75, 3.05) is 11.9 Å². The van der Waals surface area contributed by atoms with Crippen molar-refractivity contribution in [3.8, 4) is 5.75 Å². The molecule has 1 aliphatic carbocycles. The summed E-state index contributed by atoms with van der Waals surface area (Å²) in [6.45, 7) is 0.792. The number of hydrogen-bond acceptors (Lipinski definition) is 2. The van der Waals surface area contributed by atoms with E-state index in [9.17, 15) is 13.2 Å². The molecule has 2 nitrogen and oxygen atoms in total. The van der Waals surface area contributed by atoms with E-state index < -0.39 is 6.36 Å². The molecule has 112 valence electrons. The van der Waals surface area contributed by atoms with E-state index in [1.54, 1.807) is 12.1 Å². The molecule has 0 unspecified atom stereocenters. The topological polar surface area (TPSA) is 21.3 Å². The molecular formula is C15H20F3NO. The van der Waals surface area contributed by atoms with Gasteiger partial charge in [0.15, 0.2) is 0 Å². The molecule has 0 spiro atoms. The van der Waals surface area contributed by atoms with Crippen LogP contribution < -0.4 is 10.1 Å². The minimum atomic E-state index is -4.64. The minimum Gasteiger partial charge on any atom is -0.406 e. The quantitative estimate of drug-likeness (QED) is 0.825. The summed E-state index contributed by atoms with van der Waals surface area (Å²) in [4.78, 5) is 0. The Morgan fingerprint density at radius 2 is 1.90 bits per heavy atom. The van der Waals surface area contributed by atoms with Gasteiger partial charge in [-0.05, 0) is 24.5 Å². The van der Waals surface area contributed by atoms with E-state index in [1.807, 2.05) is 0 Å². The first-order chi connectivity index (χ1) is 9.53. The fourth-order valence-corrected chi connectivity index (χ4v) is 2.70. The van der Waals surface area contributed by atoms with Gasteiger partial charge in [-0.15, -0.1) is 13.2 Å². The molecular weight excluding hydrogens is 267 g/mol. The zero-order valence-electron chi connectivity index (χ0n) is 11.4. The third-order valence-electron chi connectivity index (χ3n) is 3.67. The van der Waals surface area contributed by atoms with Crippen molar-refractivity contribution in [1.82, 2.24) is 0 Å². The third kappa shape index (κ3) is 5.31. The predicted molar refractivity (Wildman–Crippen MR) is 72.8 cm³/mol. The number of anilines is 1. The van der Waals surface area contributed by atoms with Crippen LogP contribution in [0.2, 0.25) is 0 Å². The van der Waals surface area contributed by atoms with Gasteiger partial charge in [0.2, 0.25) is 0 Å². The summed E-state index contributed by atoms with van der Waals surface area (Å²) in [5.74, 6) is 0.575. The van der Waals surface area contributed by atoms with Crippen molar-refractivity contribution in [3.63, 3.8) is 0 Å². The van der Waals surface area contributed by atoms with E-state index in [0.29, 0.717) is 5.69 Å². The Labute approximate surface area is 117 Å². The van der Waals surface area contributed by atoms with E-state index in [0.717, 1.165) is 18.9 Å². The molecule has 1 fully saturated rings. The first-order valence-corrected chi connectivity index (χ1v) is 7.12. The smallest absolute Gasteiger partial charge is 0.406 e. The SMILES string of the molecule is FC(F)(F)Oc1cccc(NCCC2CCCCC2)c1. The molecule has 20 heavy (non-hydrogen) atoms. The average molecular weight is 287 g/mol. The standard InChI is InChI=1S/C15H20F3NO/c16-15(17,18)20-14-8-4-7-13(11-14)19-10-9-12-5-2-1-3-6-12/h4,7-8,11-12,19H,1-3,5-6,9-10H2. The van der Waals surface area contributed by atoms with Gasteiger partial charge in [-0.2, -0.15) is 0 Å². The van der Waals surface area contributed by atoms with E-state index in [-0.39, 0.29) is 5.75 Å². The van der Waals surface area contributed by atoms with Gasteiger partial charge in [0.1, 0.15) is 5.75 Å². The summed E-state index contributed by atoms with van der Waals surface area (Å²) in [6, 6.07) is 6.00. The number of rotatable bonds is 5. The summed E-state index contributed by atoms with van der Waals surface area (Å²) in [7, 11) is 0. The molecule has 1 N–H and O–H groups in total. The number of ether oxygens (including phenoxy) is 1. The summed E-state index contributed by atoms with van der Waals surface area (Å²) < 4.78 is 40.3. The van der Waals surface area contributed by atoms with Crippen LogP contribution in [0, 0.1) is 5.92 Å². The molecule has 0 amide bonds. The number of halogens is 3. The van der Waals surface area contributed by atoms with Crippen LogP contribution in [0.15, 0.2) is 24.3 Å². The van der Waals surface area contributed by atoms with Crippen LogP contribution in [0.1, 0.15) is 38.5 Å². The molecule has 0 radical (unpaired) electrons. The fourth-order valence-electron chi connectivity index (χ4n) is 2.70. The van der Waals surface area contributed by atoms with Gasteiger partial charge in [-0.25, -0.2) is 0 Å². The fraction of sp³-hybridized carbons (Fsp3) is 0.600. The Bertz CT molecular complexity index is 414. The second-order valence-electron chi connectivity index (χ2n) is 5.30. The van der Waals surface area contributed by atoms with Crippen molar-refractivity contribution in [1.29, 1.82) is 0 Å². The van der Waals surface area contributed by atoms with E-state index in [2.05, 4.69) is 10.1 Å². The van der Waals surface area contributed by atoms with Gasteiger partial charge in [0, 0.05) is 18.3 Å². The number of nitrogens with one attached hydrogen (secondary N) is 1. The molecule has 1 aromatic carbocycles. The van der Waals surface area contributed by atoms with Gasteiger partial charge in [-0.3, -0.25) is 0 Å². The molecule has 0 atom stereocenters. The van der Waals surface area contributed by atoms with Crippen molar-refractivity contribution in [2.45, 2.75) is 44.9 Å². The highest BCUT2D eigenvalue weighted by atomic mass is 19.4. The highest BCUT2D eigenvalue weighted by Gasteiger charge is 2.31. The van der Waals surface area contributed by atoms with Crippen LogP contribution in [0.5, 0.6) is 5.75 Å². The first-order valence-electron chi connectivity index (χ1n) is 7.12. The largest absolute Gasteiger partial charge is 0.573 e. The van der Waals surface area contributed by atoms with Gasteiger partial charge in [-0.1, -0.05) is 38.2 Å². The highest BCUT2D eigenvalue weighted by Crippen LogP contribution is 2.27. The molecule has 0 saturated heterocycles. The number of alkyl halides is 3. The van der Waals surface area contributed by atoms with Gasteiger partial charge in [0.05, 0.1) is 0 Å².